The van der Waals surface area contributed by atoms with Crippen LogP contribution in [0.1, 0.15) is 23.7 Å². The average Bonchev–Trinajstić information content (AvgIpc) is 2.40. The van der Waals surface area contributed by atoms with Crippen LogP contribution < -0.4 is 5.32 Å². The molecule has 1 aliphatic rings. The van der Waals surface area contributed by atoms with Crippen LogP contribution in [-0.2, 0) is 4.79 Å². The number of carbonyl (C=O) groups excluding carboxylic acids is 2. The van der Waals surface area contributed by atoms with E-state index in [1.807, 2.05) is 6.92 Å². The lowest BCUT2D eigenvalue weighted by Gasteiger charge is -2.34. The molecular weight excluding hydrogens is 315 g/mol. The molecular formula is C13H14BrFN2O2. The van der Waals surface area contributed by atoms with E-state index in [1.165, 1.54) is 17.0 Å². The molecule has 1 N–H and O–H groups in total. The molecule has 0 saturated carbocycles. The second-order valence-corrected chi connectivity index (χ2v) is 5.20. The van der Waals surface area contributed by atoms with E-state index in [-0.39, 0.29) is 17.4 Å². The van der Waals surface area contributed by atoms with Crippen LogP contribution in [-0.4, -0.2) is 35.8 Å². The number of nitrogens with one attached hydrogen (secondary N) is 1. The summed E-state index contributed by atoms with van der Waals surface area (Å²) in [4.78, 5) is 25.5. The van der Waals surface area contributed by atoms with Gasteiger partial charge in [-0.1, -0.05) is 6.92 Å². The maximum atomic E-state index is 13.5. The molecule has 6 heteroatoms. The van der Waals surface area contributed by atoms with Crippen molar-refractivity contribution in [2.45, 2.75) is 19.4 Å². The lowest BCUT2D eigenvalue weighted by molar-refractivity contribution is -0.127. The van der Waals surface area contributed by atoms with Gasteiger partial charge in [-0.2, -0.15) is 0 Å². The quantitative estimate of drug-likeness (QED) is 0.901. The molecule has 1 heterocycles. The molecule has 19 heavy (non-hydrogen) atoms. The van der Waals surface area contributed by atoms with Crippen LogP contribution in [0.4, 0.5) is 4.39 Å². The van der Waals surface area contributed by atoms with Gasteiger partial charge in [0.15, 0.2) is 0 Å². The van der Waals surface area contributed by atoms with E-state index in [4.69, 9.17) is 0 Å². The predicted molar refractivity (Wildman–Crippen MR) is 72.2 cm³/mol. The minimum absolute atomic E-state index is 0.153. The zero-order valence-electron chi connectivity index (χ0n) is 10.5. The Morgan fingerprint density at radius 1 is 1.58 bits per heavy atom. The summed E-state index contributed by atoms with van der Waals surface area (Å²) in [7, 11) is 0. The second kappa shape index (κ2) is 5.69. The first-order chi connectivity index (χ1) is 9.04. The van der Waals surface area contributed by atoms with Crippen LogP contribution >= 0.6 is 15.9 Å². The van der Waals surface area contributed by atoms with Gasteiger partial charge in [0.25, 0.3) is 5.91 Å². The minimum atomic E-state index is -0.486. The lowest BCUT2D eigenvalue weighted by atomic mass is 10.1. The summed E-state index contributed by atoms with van der Waals surface area (Å²) in [6.45, 7) is 2.72. The lowest BCUT2D eigenvalue weighted by Crippen LogP contribution is -2.56. The van der Waals surface area contributed by atoms with Gasteiger partial charge in [-0.25, -0.2) is 4.39 Å². The van der Waals surface area contributed by atoms with Crippen molar-refractivity contribution in [2.75, 3.05) is 13.1 Å². The Kier molecular flexibility index (Phi) is 4.19. The Morgan fingerprint density at radius 2 is 2.32 bits per heavy atom. The third kappa shape index (κ3) is 2.78. The molecule has 1 atom stereocenters. The van der Waals surface area contributed by atoms with Crippen molar-refractivity contribution >= 4 is 27.7 Å². The van der Waals surface area contributed by atoms with Crippen LogP contribution in [0.15, 0.2) is 22.7 Å². The summed E-state index contributed by atoms with van der Waals surface area (Å²) in [5.74, 6) is -0.951. The first-order valence-electron chi connectivity index (χ1n) is 6.08. The molecule has 0 radical (unpaired) electrons. The highest BCUT2D eigenvalue weighted by Crippen LogP contribution is 2.19. The van der Waals surface area contributed by atoms with E-state index in [1.54, 1.807) is 6.07 Å². The van der Waals surface area contributed by atoms with Gasteiger partial charge in [0, 0.05) is 18.7 Å². The Hall–Kier alpha value is -1.43. The van der Waals surface area contributed by atoms with Crippen molar-refractivity contribution in [1.29, 1.82) is 0 Å². The normalized spacial score (nSPS) is 19.2. The Morgan fingerprint density at radius 3 is 2.95 bits per heavy atom. The van der Waals surface area contributed by atoms with Gasteiger partial charge in [0.1, 0.15) is 11.9 Å². The molecule has 2 amide bonds. The summed E-state index contributed by atoms with van der Waals surface area (Å²) in [6.07, 6.45) is 0.538. The summed E-state index contributed by atoms with van der Waals surface area (Å²) in [5.41, 5.74) is 0.258. The van der Waals surface area contributed by atoms with Crippen molar-refractivity contribution in [2.24, 2.45) is 0 Å². The van der Waals surface area contributed by atoms with E-state index in [0.717, 1.165) is 0 Å². The maximum Gasteiger partial charge on any atom is 0.254 e. The molecule has 0 spiro atoms. The molecule has 0 aromatic heterocycles. The largest absolute Gasteiger partial charge is 0.353 e. The van der Waals surface area contributed by atoms with Gasteiger partial charge in [-0.3, -0.25) is 9.59 Å². The molecule has 2 rings (SSSR count). The fraction of sp³-hybridized carbons (Fsp3) is 0.385. The molecule has 4 nitrogen and oxygen atoms in total. The topological polar surface area (TPSA) is 49.4 Å². The number of halogens is 2. The summed E-state index contributed by atoms with van der Waals surface area (Å²) in [5, 5.41) is 2.73. The average molecular weight is 329 g/mol. The third-order valence-electron chi connectivity index (χ3n) is 3.14. The van der Waals surface area contributed by atoms with Crippen LogP contribution in [0.2, 0.25) is 0 Å². The first-order valence-corrected chi connectivity index (χ1v) is 6.87. The van der Waals surface area contributed by atoms with Crippen molar-refractivity contribution in [3.63, 3.8) is 0 Å². The minimum Gasteiger partial charge on any atom is -0.353 e. The number of rotatable bonds is 2. The number of hydrogen-bond donors (Lipinski definition) is 1. The highest BCUT2D eigenvalue weighted by Gasteiger charge is 2.32. The Bertz CT molecular complexity index is 521. The standard InChI is InChI=1S/C13H14BrFN2O2/c1-2-11-12(18)16-5-6-17(11)13(19)8-3-4-9(14)10(15)7-8/h3-4,7,11H,2,5-6H2,1H3,(H,16,18). The zero-order chi connectivity index (χ0) is 14.0. The Balaban J connectivity index is 2.26. The van der Waals surface area contributed by atoms with Crippen LogP contribution in [0.25, 0.3) is 0 Å². The zero-order valence-corrected chi connectivity index (χ0v) is 12.0. The van der Waals surface area contributed by atoms with Gasteiger partial charge >= 0.3 is 0 Å². The summed E-state index contributed by atoms with van der Waals surface area (Å²) < 4.78 is 13.8. The fourth-order valence-corrected chi connectivity index (χ4v) is 2.41. The number of hydrogen-bond acceptors (Lipinski definition) is 2. The van der Waals surface area contributed by atoms with Gasteiger partial charge in [0.2, 0.25) is 5.91 Å². The smallest absolute Gasteiger partial charge is 0.254 e. The van der Waals surface area contributed by atoms with E-state index in [9.17, 15) is 14.0 Å². The van der Waals surface area contributed by atoms with Crippen molar-refractivity contribution in [3.8, 4) is 0 Å². The van der Waals surface area contributed by atoms with E-state index < -0.39 is 11.9 Å². The first kappa shape index (κ1) is 14.0. The van der Waals surface area contributed by atoms with Gasteiger partial charge < -0.3 is 10.2 Å². The SMILES string of the molecule is CCC1C(=O)NCCN1C(=O)c1ccc(Br)c(F)c1. The third-order valence-corrected chi connectivity index (χ3v) is 3.79. The van der Waals surface area contributed by atoms with Crippen LogP contribution in [0, 0.1) is 5.82 Å². The molecule has 1 aromatic rings. The monoisotopic (exact) mass is 328 g/mol. The second-order valence-electron chi connectivity index (χ2n) is 4.34. The summed E-state index contributed by atoms with van der Waals surface area (Å²) >= 11 is 3.05. The highest BCUT2D eigenvalue weighted by atomic mass is 79.9. The number of benzene rings is 1. The highest BCUT2D eigenvalue weighted by molar-refractivity contribution is 9.10. The summed E-state index contributed by atoms with van der Waals surface area (Å²) in [6, 6.07) is 3.75. The van der Waals surface area contributed by atoms with E-state index in [0.29, 0.717) is 24.0 Å². The van der Waals surface area contributed by atoms with Crippen LogP contribution in [0.3, 0.4) is 0 Å². The maximum absolute atomic E-state index is 13.5. The van der Waals surface area contributed by atoms with Crippen molar-refractivity contribution in [3.05, 3.63) is 34.1 Å². The fourth-order valence-electron chi connectivity index (χ4n) is 2.16. The van der Waals surface area contributed by atoms with Crippen LogP contribution in [0.5, 0.6) is 0 Å². The van der Waals surface area contributed by atoms with E-state index >= 15 is 0 Å². The van der Waals surface area contributed by atoms with Gasteiger partial charge in [-0.15, -0.1) is 0 Å². The molecule has 1 fully saturated rings. The number of carbonyl (C=O) groups is 2. The Labute approximate surface area is 119 Å². The predicted octanol–water partition coefficient (Wildman–Crippen LogP) is 1.94. The number of amides is 2. The number of piperazine rings is 1. The molecule has 1 unspecified atom stereocenters. The molecule has 1 aromatic carbocycles. The van der Waals surface area contributed by atoms with Crippen molar-refractivity contribution < 1.29 is 14.0 Å². The van der Waals surface area contributed by atoms with Gasteiger partial charge in [-0.05, 0) is 40.5 Å². The van der Waals surface area contributed by atoms with Crippen molar-refractivity contribution in [1.82, 2.24) is 10.2 Å². The molecule has 1 aliphatic heterocycles. The molecule has 102 valence electrons. The molecule has 1 saturated heterocycles. The van der Waals surface area contributed by atoms with Gasteiger partial charge in [0.05, 0.1) is 4.47 Å². The molecule has 0 bridgehead atoms. The molecule has 0 aliphatic carbocycles. The number of nitrogens with zero attached hydrogens (tertiary/aromatic N) is 1. The van der Waals surface area contributed by atoms with E-state index in [2.05, 4.69) is 21.2 Å².